The number of hydrogen-bond acceptors (Lipinski definition) is 3. The Kier molecular flexibility index (Phi) is 4.70. The van der Waals surface area contributed by atoms with E-state index in [-0.39, 0.29) is 11.4 Å². The van der Waals surface area contributed by atoms with Crippen LogP contribution in [0.15, 0.2) is 24.4 Å². The molecule has 0 aliphatic rings. The first-order valence-electron chi connectivity index (χ1n) is 6.69. The van der Waals surface area contributed by atoms with E-state index in [1.54, 1.807) is 17.8 Å². The third-order valence-corrected chi connectivity index (χ3v) is 3.46. The summed E-state index contributed by atoms with van der Waals surface area (Å²) in [5.41, 5.74) is 2.84. The Balaban J connectivity index is 1.90. The molecule has 0 bridgehead atoms. The van der Waals surface area contributed by atoms with E-state index in [2.05, 4.69) is 10.4 Å². The van der Waals surface area contributed by atoms with Crippen molar-refractivity contribution in [3.8, 4) is 0 Å². The van der Waals surface area contributed by atoms with Crippen molar-refractivity contribution in [2.24, 2.45) is 7.05 Å². The lowest BCUT2D eigenvalue weighted by molar-refractivity contribution is 0.0695. The molecule has 0 fully saturated rings. The lowest BCUT2D eigenvalue weighted by Crippen LogP contribution is -2.20. The SMILES string of the molecule is Cc1cc(F)ccc1CCNCc1c(C(=O)O)cnn1C. The number of nitrogens with one attached hydrogen (secondary N) is 1. The maximum Gasteiger partial charge on any atom is 0.339 e. The number of carboxylic acids is 1. The molecule has 5 nitrogen and oxygen atoms in total. The lowest BCUT2D eigenvalue weighted by Gasteiger charge is -2.08. The molecule has 0 aliphatic carbocycles. The van der Waals surface area contributed by atoms with Gasteiger partial charge in [-0.2, -0.15) is 5.10 Å². The highest BCUT2D eigenvalue weighted by molar-refractivity contribution is 5.88. The van der Waals surface area contributed by atoms with Gasteiger partial charge in [-0.1, -0.05) is 6.07 Å². The highest BCUT2D eigenvalue weighted by Crippen LogP contribution is 2.11. The summed E-state index contributed by atoms with van der Waals surface area (Å²) in [6, 6.07) is 4.74. The highest BCUT2D eigenvalue weighted by atomic mass is 19.1. The highest BCUT2D eigenvalue weighted by Gasteiger charge is 2.14. The van der Waals surface area contributed by atoms with Gasteiger partial charge in [-0.05, 0) is 43.1 Å². The first-order chi connectivity index (χ1) is 9.99. The average molecular weight is 291 g/mol. The maximum absolute atomic E-state index is 13.0. The minimum Gasteiger partial charge on any atom is -0.478 e. The Morgan fingerprint density at radius 2 is 2.24 bits per heavy atom. The van der Waals surface area contributed by atoms with Crippen LogP contribution >= 0.6 is 0 Å². The Bertz CT molecular complexity index is 652. The Labute approximate surface area is 122 Å². The van der Waals surface area contributed by atoms with Gasteiger partial charge >= 0.3 is 5.97 Å². The van der Waals surface area contributed by atoms with Crippen LogP contribution < -0.4 is 5.32 Å². The zero-order valence-corrected chi connectivity index (χ0v) is 12.1. The van der Waals surface area contributed by atoms with Gasteiger partial charge in [-0.15, -0.1) is 0 Å². The number of aromatic nitrogens is 2. The number of nitrogens with zero attached hydrogens (tertiary/aromatic N) is 2. The molecule has 0 aliphatic heterocycles. The summed E-state index contributed by atoms with van der Waals surface area (Å²) in [5.74, 6) is -1.21. The fourth-order valence-corrected chi connectivity index (χ4v) is 2.22. The number of carbonyl (C=O) groups is 1. The molecule has 0 amide bonds. The summed E-state index contributed by atoms with van der Waals surface area (Å²) in [6.45, 7) is 2.98. The van der Waals surface area contributed by atoms with Gasteiger partial charge in [-0.25, -0.2) is 9.18 Å². The summed E-state index contributed by atoms with van der Waals surface area (Å²) in [7, 11) is 1.72. The lowest BCUT2D eigenvalue weighted by atomic mass is 10.1. The minimum absolute atomic E-state index is 0.211. The molecule has 0 saturated carbocycles. The fraction of sp³-hybridized carbons (Fsp3) is 0.333. The average Bonchev–Trinajstić information content (AvgIpc) is 2.78. The van der Waals surface area contributed by atoms with Gasteiger partial charge in [0.15, 0.2) is 0 Å². The van der Waals surface area contributed by atoms with Crippen LogP contribution in [0.4, 0.5) is 4.39 Å². The summed E-state index contributed by atoms with van der Waals surface area (Å²) in [5, 5.41) is 16.2. The van der Waals surface area contributed by atoms with Crippen LogP contribution in [0.25, 0.3) is 0 Å². The smallest absolute Gasteiger partial charge is 0.339 e. The largest absolute Gasteiger partial charge is 0.478 e. The van der Waals surface area contributed by atoms with Crippen LogP contribution in [0.2, 0.25) is 0 Å². The van der Waals surface area contributed by atoms with Gasteiger partial charge in [0.1, 0.15) is 11.4 Å². The van der Waals surface area contributed by atoms with E-state index in [1.807, 2.05) is 6.92 Å². The molecule has 0 saturated heterocycles. The van der Waals surface area contributed by atoms with E-state index in [1.165, 1.54) is 18.3 Å². The number of aromatic carboxylic acids is 1. The second-order valence-electron chi connectivity index (χ2n) is 4.93. The number of rotatable bonds is 6. The van der Waals surface area contributed by atoms with Crippen molar-refractivity contribution in [2.45, 2.75) is 19.9 Å². The molecule has 112 valence electrons. The van der Waals surface area contributed by atoms with Crippen LogP contribution in [0, 0.1) is 12.7 Å². The van der Waals surface area contributed by atoms with Crippen LogP contribution in [-0.4, -0.2) is 27.4 Å². The number of halogens is 1. The third kappa shape index (κ3) is 3.66. The van der Waals surface area contributed by atoms with E-state index in [0.29, 0.717) is 18.8 Å². The van der Waals surface area contributed by atoms with Crippen LogP contribution in [-0.2, 0) is 20.0 Å². The van der Waals surface area contributed by atoms with Crippen molar-refractivity contribution in [2.75, 3.05) is 6.54 Å². The molecule has 2 rings (SSSR count). The van der Waals surface area contributed by atoms with Crippen molar-refractivity contribution in [3.63, 3.8) is 0 Å². The van der Waals surface area contributed by atoms with Gasteiger partial charge in [0.25, 0.3) is 0 Å². The molecule has 0 atom stereocenters. The zero-order chi connectivity index (χ0) is 15.4. The topological polar surface area (TPSA) is 67.2 Å². The molecule has 1 heterocycles. The van der Waals surface area contributed by atoms with Gasteiger partial charge < -0.3 is 10.4 Å². The van der Waals surface area contributed by atoms with Crippen molar-refractivity contribution >= 4 is 5.97 Å². The molecule has 1 aromatic heterocycles. The summed E-state index contributed by atoms with van der Waals surface area (Å²) in [6.07, 6.45) is 2.11. The molecule has 1 aromatic carbocycles. The van der Waals surface area contributed by atoms with Gasteiger partial charge in [0.2, 0.25) is 0 Å². The van der Waals surface area contributed by atoms with Crippen molar-refractivity contribution < 1.29 is 14.3 Å². The van der Waals surface area contributed by atoms with E-state index in [0.717, 1.165) is 17.5 Å². The maximum atomic E-state index is 13.0. The second-order valence-corrected chi connectivity index (χ2v) is 4.93. The third-order valence-electron chi connectivity index (χ3n) is 3.46. The second kappa shape index (κ2) is 6.49. The van der Waals surface area contributed by atoms with E-state index >= 15 is 0 Å². The molecule has 0 radical (unpaired) electrons. The van der Waals surface area contributed by atoms with E-state index in [4.69, 9.17) is 5.11 Å². The molecule has 6 heteroatoms. The Morgan fingerprint density at radius 1 is 1.48 bits per heavy atom. The van der Waals surface area contributed by atoms with Crippen molar-refractivity contribution in [1.82, 2.24) is 15.1 Å². The fourth-order valence-electron chi connectivity index (χ4n) is 2.22. The predicted octanol–water partition coefficient (Wildman–Crippen LogP) is 1.90. The summed E-state index contributed by atoms with van der Waals surface area (Å²) in [4.78, 5) is 11.0. The molecule has 2 aromatic rings. The standard InChI is InChI=1S/C15H18FN3O2/c1-10-7-12(16)4-3-11(10)5-6-17-9-14-13(15(20)21)8-18-19(14)2/h3-4,7-8,17H,5-6,9H2,1-2H3,(H,20,21). The van der Waals surface area contributed by atoms with Gasteiger partial charge in [-0.3, -0.25) is 4.68 Å². The zero-order valence-electron chi connectivity index (χ0n) is 12.1. The Morgan fingerprint density at radius 3 is 2.90 bits per heavy atom. The van der Waals surface area contributed by atoms with Gasteiger partial charge in [0, 0.05) is 13.6 Å². The van der Waals surface area contributed by atoms with E-state index in [9.17, 15) is 9.18 Å². The van der Waals surface area contributed by atoms with Crippen LogP contribution in [0.1, 0.15) is 27.2 Å². The molecular formula is C15H18FN3O2. The summed E-state index contributed by atoms with van der Waals surface area (Å²) < 4.78 is 14.6. The molecule has 0 spiro atoms. The number of benzene rings is 1. The van der Waals surface area contributed by atoms with Crippen molar-refractivity contribution in [3.05, 3.63) is 52.6 Å². The monoisotopic (exact) mass is 291 g/mol. The molecular weight excluding hydrogens is 273 g/mol. The normalized spacial score (nSPS) is 10.8. The molecule has 21 heavy (non-hydrogen) atoms. The first kappa shape index (κ1) is 15.2. The summed E-state index contributed by atoms with van der Waals surface area (Å²) >= 11 is 0. The Hall–Kier alpha value is -2.21. The van der Waals surface area contributed by atoms with Crippen LogP contribution in [0.5, 0.6) is 0 Å². The van der Waals surface area contributed by atoms with Crippen LogP contribution in [0.3, 0.4) is 0 Å². The molecule has 2 N–H and O–H groups in total. The number of aryl methyl sites for hydroxylation is 2. The molecule has 0 unspecified atom stereocenters. The predicted molar refractivity (Wildman–Crippen MR) is 76.7 cm³/mol. The van der Waals surface area contributed by atoms with E-state index < -0.39 is 5.97 Å². The number of hydrogen-bond donors (Lipinski definition) is 2. The first-order valence-corrected chi connectivity index (χ1v) is 6.69. The number of carboxylic acid groups (broad SMARTS) is 1. The quantitative estimate of drug-likeness (QED) is 0.798. The van der Waals surface area contributed by atoms with Gasteiger partial charge in [0.05, 0.1) is 11.9 Å². The van der Waals surface area contributed by atoms with Crippen molar-refractivity contribution in [1.29, 1.82) is 0 Å². The minimum atomic E-state index is -0.978.